The maximum Gasteiger partial charge on any atom is 0.224 e. The van der Waals surface area contributed by atoms with Crippen LogP contribution in [0.5, 0.6) is 0 Å². The molecule has 18 heavy (non-hydrogen) atoms. The Kier molecular flexibility index (Phi) is 4.77. The molecule has 2 atom stereocenters. The Morgan fingerprint density at radius 1 is 1.61 bits per heavy atom. The highest BCUT2D eigenvalue weighted by atomic mass is 79.9. The summed E-state index contributed by atoms with van der Waals surface area (Å²) in [5.74, 6) is 1.45. The zero-order chi connectivity index (χ0) is 13.0. The molecule has 1 aliphatic heterocycles. The van der Waals surface area contributed by atoms with Crippen molar-refractivity contribution >= 4 is 27.7 Å². The lowest BCUT2D eigenvalue weighted by atomic mass is 10.1. The van der Waals surface area contributed by atoms with E-state index in [1.54, 1.807) is 6.20 Å². The van der Waals surface area contributed by atoms with Gasteiger partial charge in [-0.1, -0.05) is 0 Å². The van der Waals surface area contributed by atoms with E-state index in [1.165, 1.54) is 0 Å². The first kappa shape index (κ1) is 13.5. The van der Waals surface area contributed by atoms with Crippen molar-refractivity contribution in [3.8, 4) is 0 Å². The first-order valence-electron chi connectivity index (χ1n) is 6.35. The van der Waals surface area contributed by atoms with E-state index in [9.17, 15) is 0 Å². The summed E-state index contributed by atoms with van der Waals surface area (Å²) >= 11 is 3.46. The molecule has 0 aliphatic carbocycles. The Balaban J connectivity index is 2.04. The molecule has 2 rings (SSSR count). The fraction of sp³-hybridized carbons (Fsp3) is 0.667. The number of hydrogen-bond donors (Lipinski definition) is 2. The molecule has 1 aromatic heterocycles. The number of hydrogen-bond acceptors (Lipinski definition) is 5. The van der Waals surface area contributed by atoms with Crippen LogP contribution in [-0.4, -0.2) is 35.3 Å². The van der Waals surface area contributed by atoms with Gasteiger partial charge in [-0.25, -0.2) is 4.98 Å². The standard InChI is InChI=1S/C12H19BrN4O/c1-3-14-12-15-7-9(13)11(17-12)16-8(2)10-5-4-6-18-10/h7-8,10H,3-6H2,1-2H3,(H2,14,15,16,17). The Morgan fingerprint density at radius 2 is 2.44 bits per heavy atom. The van der Waals surface area contributed by atoms with E-state index in [0.29, 0.717) is 5.95 Å². The van der Waals surface area contributed by atoms with Gasteiger partial charge in [0.05, 0.1) is 16.6 Å². The Labute approximate surface area is 116 Å². The van der Waals surface area contributed by atoms with Gasteiger partial charge in [-0.05, 0) is 42.6 Å². The van der Waals surface area contributed by atoms with Gasteiger partial charge < -0.3 is 15.4 Å². The van der Waals surface area contributed by atoms with Crippen molar-refractivity contribution in [3.05, 3.63) is 10.7 Å². The van der Waals surface area contributed by atoms with Gasteiger partial charge in [0.1, 0.15) is 5.82 Å². The molecule has 2 heterocycles. The summed E-state index contributed by atoms with van der Waals surface area (Å²) in [6.45, 7) is 5.82. The number of nitrogens with zero attached hydrogens (tertiary/aromatic N) is 2. The lowest BCUT2D eigenvalue weighted by Gasteiger charge is -2.21. The van der Waals surface area contributed by atoms with Crippen molar-refractivity contribution in [2.24, 2.45) is 0 Å². The largest absolute Gasteiger partial charge is 0.376 e. The molecule has 0 amide bonds. The van der Waals surface area contributed by atoms with Gasteiger partial charge in [-0.3, -0.25) is 0 Å². The third-order valence-corrected chi connectivity index (χ3v) is 3.55. The van der Waals surface area contributed by atoms with E-state index in [4.69, 9.17) is 4.74 Å². The molecular weight excluding hydrogens is 296 g/mol. The van der Waals surface area contributed by atoms with Crippen molar-refractivity contribution in [2.75, 3.05) is 23.8 Å². The minimum atomic E-state index is 0.244. The number of anilines is 2. The summed E-state index contributed by atoms with van der Waals surface area (Å²) in [5.41, 5.74) is 0. The quantitative estimate of drug-likeness (QED) is 0.875. The van der Waals surface area contributed by atoms with Gasteiger partial charge in [0.15, 0.2) is 0 Å². The summed E-state index contributed by atoms with van der Waals surface area (Å²) in [6.07, 6.45) is 4.28. The van der Waals surface area contributed by atoms with E-state index < -0.39 is 0 Å². The number of ether oxygens (including phenoxy) is 1. The number of halogens is 1. The average molecular weight is 315 g/mol. The molecule has 6 heteroatoms. The molecule has 0 radical (unpaired) electrons. The molecular formula is C12H19BrN4O. The van der Waals surface area contributed by atoms with Crippen molar-refractivity contribution in [3.63, 3.8) is 0 Å². The molecule has 2 N–H and O–H groups in total. The summed E-state index contributed by atoms with van der Waals surface area (Å²) in [5, 5.41) is 6.49. The third-order valence-electron chi connectivity index (χ3n) is 2.97. The predicted molar refractivity (Wildman–Crippen MR) is 76.0 cm³/mol. The van der Waals surface area contributed by atoms with Crippen molar-refractivity contribution in [2.45, 2.75) is 38.8 Å². The molecule has 5 nitrogen and oxygen atoms in total. The maximum atomic E-state index is 5.67. The van der Waals surface area contributed by atoms with Crippen LogP contribution in [0, 0.1) is 0 Å². The van der Waals surface area contributed by atoms with Crippen LogP contribution in [0.4, 0.5) is 11.8 Å². The van der Waals surface area contributed by atoms with E-state index in [-0.39, 0.29) is 12.1 Å². The Morgan fingerprint density at radius 3 is 3.11 bits per heavy atom. The van der Waals surface area contributed by atoms with Gasteiger partial charge >= 0.3 is 0 Å². The van der Waals surface area contributed by atoms with Crippen LogP contribution in [0.2, 0.25) is 0 Å². The van der Waals surface area contributed by atoms with Crippen LogP contribution in [0.15, 0.2) is 10.7 Å². The molecule has 100 valence electrons. The first-order valence-corrected chi connectivity index (χ1v) is 7.14. The van der Waals surface area contributed by atoms with Crippen LogP contribution in [-0.2, 0) is 4.74 Å². The molecule has 1 saturated heterocycles. The summed E-state index contributed by atoms with van der Waals surface area (Å²) < 4.78 is 6.54. The van der Waals surface area contributed by atoms with Crippen molar-refractivity contribution in [1.82, 2.24) is 9.97 Å². The van der Waals surface area contributed by atoms with E-state index in [2.05, 4.69) is 43.5 Å². The highest BCUT2D eigenvalue weighted by Crippen LogP contribution is 2.24. The lowest BCUT2D eigenvalue weighted by Crippen LogP contribution is -2.30. The molecule has 0 bridgehead atoms. The zero-order valence-corrected chi connectivity index (χ0v) is 12.3. The molecule has 0 spiro atoms. The summed E-state index contributed by atoms with van der Waals surface area (Å²) in [4.78, 5) is 8.63. The summed E-state index contributed by atoms with van der Waals surface area (Å²) in [7, 11) is 0. The van der Waals surface area contributed by atoms with Crippen LogP contribution < -0.4 is 10.6 Å². The van der Waals surface area contributed by atoms with E-state index in [1.807, 2.05) is 6.92 Å². The predicted octanol–water partition coefficient (Wildman–Crippen LogP) is 2.65. The lowest BCUT2D eigenvalue weighted by molar-refractivity contribution is 0.0995. The highest BCUT2D eigenvalue weighted by Gasteiger charge is 2.23. The number of rotatable bonds is 5. The number of aromatic nitrogens is 2. The zero-order valence-electron chi connectivity index (χ0n) is 10.7. The Hall–Kier alpha value is -0.880. The number of nitrogens with one attached hydrogen (secondary N) is 2. The molecule has 1 aliphatic rings. The average Bonchev–Trinajstić information content (AvgIpc) is 2.87. The van der Waals surface area contributed by atoms with Gasteiger partial charge in [0, 0.05) is 19.3 Å². The molecule has 0 saturated carbocycles. The van der Waals surface area contributed by atoms with E-state index in [0.717, 1.165) is 36.3 Å². The minimum absolute atomic E-state index is 0.244. The van der Waals surface area contributed by atoms with Crippen LogP contribution >= 0.6 is 15.9 Å². The van der Waals surface area contributed by atoms with Gasteiger partial charge in [0.25, 0.3) is 0 Å². The third kappa shape index (κ3) is 3.32. The topological polar surface area (TPSA) is 59.1 Å². The fourth-order valence-corrected chi connectivity index (χ4v) is 2.32. The van der Waals surface area contributed by atoms with Gasteiger partial charge in [0.2, 0.25) is 5.95 Å². The van der Waals surface area contributed by atoms with Crippen molar-refractivity contribution < 1.29 is 4.74 Å². The SMILES string of the molecule is CCNc1ncc(Br)c(NC(C)C2CCCO2)n1. The highest BCUT2D eigenvalue weighted by molar-refractivity contribution is 9.10. The fourth-order valence-electron chi connectivity index (χ4n) is 2.02. The monoisotopic (exact) mass is 314 g/mol. The molecule has 1 fully saturated rings. The minimum Gasteiger partial charge on any atom is -0.376 e. The van der Waals surface area contributed by atoms with Crippen LogP contribution in [0.25, 0.3) is 0 Å². The molecule has 1 aromatic rings. The maximum absolute atomic E-state index is 5.67. The normalized spacial score (nSPS) is 20.7. The van der Waals surface area contributed by atoms with Gasteiger partial charge in [-0.2, -0.15) is 4.98 Å². The second-order valence-corrected chi connectivity index (χ2v) is 5.26. The van der Waals surface area contributed by atoms with Crippen molar-refractivity contribution in [1.29, 1.82) is 0 Å². The van der Waals surface area contributed by atoms with E-state index >= 15 is 0 Å². The van der Waals surface area contributed by atoms with Gasteiger partial charge in [-0.15, -0.1) is 0 Å². The first-order chi connectivity index (χ1) is 8.70. The smallest absolute Gasteiger partial charge is 0.224 e. The molecule has 0 aromatic carbocycles. The molecule has 2 unspecified atom stereocenters. The second kappa shape index (κ2) is 6.33. The summed E-state index contributed by atoms with van der Waals surface area (Å²) in [6, 6.07) is 0.244. The van der Waals surface area contributed by atoms with Crippen LogP contribution in [0.3, 0.4) is 0 Å². The Bertz CT molecular complexity index is 396. The van der Waals surface area contributed by atoms with Crippen LogP contribution in [0.1, 0.15) is 26.7 Å². The second-order valence-electron chi connectivity index (χ2n) is 4.40.